The molecule has 122 valence electrons. The number of piperidine rings is 1. The predicted molar refractivity (Wildman–Crippen MR) is 85.0 cm³/mol. The molecule has 22 heavy (non-hydrogen) atoms. The minimum Gasteiger partial charge on any atom is -0.338 e. The normalized spacial score (nSPS) is 17.1. The van der Waals surface area contributed by atoms with Gasteiger partial charge >= 0.3 is 6.03 Å². The van der Waals surface area contributed by atoms with Crippen LogP contribution in [0.4, 0.5) is 4.79 Å². The maximum Gasteiger partial charge on any atom is 0.314 e. The average molecular weight is 325 g/mol. The van der Waals surface area contributed by atoms with Crippen molar-refractivity contribution >= 4 is 16.1 Å². The molecule has 2 N–H and O–H groups in total. The average Bonchev–Trinajstić information content (AvgIpc) is 2.54. The number of carbonyl (C=O) groups is 1. The first-order valence-corrected chi connectivity index (χ1v) is 9.05. The van der Waals surface area contributed by atoms with E-state index in [1.54, 1.807) is 30.3 Å². The Balaban J connectivity index is 1.86. The zero-order chi connectivity index (χ0) is 16.0. The number of hydrogen-bond donors (Lipinski definition) is 2. The Kier molecular flexibility index (Phi) is 5.79. The summed E-state index contributed by atoms with van der Waals surface area (Å²) in [7, 11) is -3.39. The van der Waals surface area contributed by atoms with Crippen LogP contribution in [-0.2, 0) is 10.0 Å². The van der Waals surface area contributed by atoms with Gasteiger partial charge in [-0.15, -0.1) is 0 Å². The highest BCUT2D eigenvalue weighted by atomic mass is 32.2. The summed E-state index contributed by atoms with van der Waals surface area (Å²) in [5, 5.41) is 5.50. The van der Waals surface area contributed by atoms with E-state index in [9.17, 15) is 13.2 Å². The molecule has 1 aliphatic heterocycles. The first kappa shape index (κ1) is 16.8. The summed E-state index contributed by atoms with van der Waals surface area (Å²) >= 11 is 0. The summed E-state index contributed by atoms with van der Waals surface area (Å²) in [6.45, 7) is 4.05. The van der Waals surface area contributed by atoms with Gasteiger partial charge in [0.25, 0.3) is 0 Å². The summed E-state index contributed by atoms with van der Waals surface area (Å²) in [6.07, 6.45) is 1.52. The molecule has 0 radical (unpaired) electrons. The van der Waals surface area contributed by atoms with Crippen LogP contribution in [-0.4, -0.2) is 44.9 Å². The Morgan fingerprint density at radius 2 is 1.82 bits per heavy atom. The van der Waals surface area contributed by atoms with Gasteiger partial charge in [0.2, 0.25) is 10.0 Å². The Labute approximate surface area is 131 Å². The van der Waals surface area contributed by atoms with Crippen LogP contribution in [0.5, 0.6) is 0 Å². The van der Waals surface area contributed by atoms with Crippen molar-refractivity contribution in [1.82, 2.24) is 14.9 Å². The molecule has 7 heteroatoms. The van der Waals surface area contributed by atoms with Gasteiger partial charge in [-0.3, -0.25) is 0 Å². The summed E-state index contributed by atoms with van der Waals surface area (Å²) in [5.74, 6) is 0.324. The summed E-state index contributed by atoms with van der Waals surface area (Å²) in [5.41, 5.74) is 0. The molecule has 1 aromatic rings. The van der Waals surface area contributed by atoms with Crippen molar-refractivity contribution in [3.63, 3.8) is 0 Å². The van der Waals surface area contributed by atoms with Gasteiger partial charge in [-0.05, 0) is 37.8 Å². The van der Waals surface area contributed by atoms with Gasteiger partial charge in [0.05, 0.1) is 4.90 Å². The molecule has 1 aromatic carbocycles. The second-order valence-electron chi connectivity index (χ2n) is 5.40. The van der Waals surface area contributed by atoms with Gasteiger partial charge in [0, 0.05) is 26.2 Å². The van der Waals surface area contributed by atoms with Crippen LogP contribution in [0.15, 0.2) is 35.2 Å². The van der Waals surface area contributed by atoms with E-state index in [-0.39, 0.29) is 6.03 Å². The first-order chi connectivity index (χ1) is 10.5. The highest BCUT2D eigenvalue weighted by molar-refractivity contribution is 7.89. The van der Waals surface area contributed by atoms with Crippen molar-refractivity contribution in [1.29, 1.82) is 0 Å². The number of amides is 2. The fraction of sp³-hybridized carbons (Fsp3) is 0.533. The fourth-order valence-electron chi connectivity index (χ4n) is 2.56. The lowest BCUT2D eigenvalue weighted by Crippen LogP contribution is -2.43. The fourth-order valence-corrected chi connectivity index (χ4v) is 4.05. The van der Waals surface area contributed by atoms with E-state index in [0.717, 1.165) is 12.8 Å². The molecule has 0 atom stereocenters. The van der Waals surface area contributed by atoms with E-state index in [4.69, 9.17) is 0 Å². The molecule has 0 bridgehead atoms. The molecule has 1 heterocycles. The lowest BCUT2D eigenvalue weighted by Gasteiger charge is -2.31. The number of nitrogens with zero attached hydrogens (tertiary/aromatic N) is 1. The third kappa shape index (κ3) is 4.20. The van der Waals surface area contributed by atoms with Gasteiger partial charge in [-0.1, -0.05) is 18.2 Å². The maximum absolute atomic E-state index is 12.5. The largest absolute Gasteiger partial charge is 0.338 e. The second kappa shape index (κ2) is 7.60. The van der Waals surface area contributed by atoms with Crippen molar-refractivity contribution in [2.75, 3.05) is 26.2 Å². The molecular weight excluding hydrogens is 302 g/mol. The molecular formula is C15H23N3O3S. The Hall–Kier alpha value is -1.60. The Morgan fingerprint density at radius 3 is 2.41 bits per heavy atom. The zero-order valence-corrected chi connectivity index (χ0v) is 13.6. The van der Waals surface area contributed by atoms with Crippen molar-refractivity contribution in [3.8, 4) is 0 Å². The Morgan fingerprint density at radius 1 is 1.18 bits per heavy atom. The minimum absolute atomic E-state index is 0.165. The molecule has 1 saturated heterocycles. The number of hydrogen-bond acceptors (Lipinski definition) is 3. The molecule has 2 rings (SSSR count). The highest BCUT2D eigenvalue weighted by Gasteiger charge is 2.29. The number of urea groups is 1. The van der Waals surface area contributed by atoms with E-state index in [1.165, 1.54) is 4.31 Å². The smallest absolute Gasteiger partial charge is 0.314 e. The second-order valence-corrected chi connectivity index (χ2v) is 7.34. The quantitative estimate of drug-likeness (QED) is 0.859. The zero-order valence-electron chi connectivity index (χ0n) is 12.8. The molecule has 0 spiro atoms. The third-order valence-corrected chi connectivity index (χ3v) is 5.76. The number of sulfonamides is 1. The SMILES string of the molecule is CCNC(=O)NCC1CCN(S(=O)(=O)c2ccccc2)CC1. The van der Waals surface area contributed by atoms with E-state index in [2.05, 4.69) is 10.6 Å². The van der Waals surface area contributed by atoms with Crippen LogP contribution in [0.25, 0.3) is 0 Å². The van der Waals surface area contributed by atoms with Crippen molar-refractivity contribution in [2.45, 2.75) is 24.7 Å². The van der Waals surface area contributed by atoms with Crippen LogP contribution < -0.4 is 10.6 Å². The molecule has 2 amide bonds. The molecule has 0 aliphatic carbocycles. The summed E-state index contributed by atoms with van der Waals surface area (Å²) in [4.78, 5) is 11.7. The molecule has 6 nitrogen and oxygen atoms in total. The number of benzene rings is 1. The molecule has 0 unspecified atom stereocenters. The Bertz CT molecular complexity index is 581. The monoisotopic (exact) mass is 325 g/mol. The lowest BCUT2D eigenvalue weighted by molar-refractivity contribution is 0.231. The number of rotatable bonds is 5. The van der Waals surface area contributed by atoms with Gasteiger partial charge in [0.15, 0.2) is 0 Å². The van der Waals surface area contributed by atoms with Gasteiger partial charge in [-0.2, -0.15) is 4.31 Å². The highest BCUT2D eigenvalue weighted by Crippen LogP contribution is 2.23. The van der Waals surface area contributed by atoms with Gasteiger partial charge < -0.3 is 10.6 Å². The van der Waals surface area contributed by atoms with Crippen LogP contribution in [0.2, 0.25) is 0 Å². The molecule has 0 saturated carbocycles. The van der Waals surface area contributed by atoms with Crippen LogP contribution in [0.1, 0.15) is 19.8 Å². The van der Waals surface area contributed by atoms with E-state index < -0.39 is 10.0 Å². The number of carbonyl (C=O) groups excluding carboxylic acids is 1. The van der Waals surface area contributed by atoms with Crippen LogP contribution in [0.3, 0.4) is 0 Å². The van der Waals surface area contributed by atoms with Crippen molar-refractivity contribution in [2.24, 2.45) is 5.92 Å². The summed E-state index contributed by atoms with van der Waals surface area (Å²) < 4.78 is 26.5. The number of nitrogens with one attached hydrogen (secondary N) is 2. The first-order valence-electron chi connectivity index (χ1n) is 7.61. The summed E-state index contributed by atoms with van der Waals surface area (Å²) in [6, 6.07) is 8.35. The molecule has 1 aliphatic rings. The molecule has 1 fully saturated rings. The van der Waals surface area contributed by atoms with E-state index in [0.29, 0.717) is 37.0 Å². The minimum atomic E-state index is -3.39. The van der Waals surface area contributed by atoms with E-state index in [1.807, 2.05) is 6.92 Å². The lowest BCUT2D eigenvalue weighted by atomic mass is 9.98. The maximum atomic E-state index is 12.5. The van der Waals surface area contributed by atoms with E-state index >= 15 is 0 Å². The third-order valence-electron chi connectivity index (χ3n) is 3.84. The topological polar surface area (TPSA) is 78.5 Å². The predicted octanol–water partition coefficient (Wildman–Crippen LogP) is 1.41. The van der Waals surface area contributed by atoms with Gasteiger partial charge in [0.1, 0.15) is 0 Å². The van der Waals surface area contributed by atoms with Crippen molar-refractivity contribution in [3.05, 3.63) is 30.3 Å². The standard InChI is InChI=1S/C15H23N3O3S/c1-2-16-15(19)17-12-13-8-10-18(11-9-13)22(20,21)14-6-4-3-5-7-14/h3-7,13H,2,8-12H2,1H3,(H2,16,17,19). The van der Waals surface area contributed by atoms with Crippen LogP contribution >= 0.6 is 0 Å². The van der Waals surface area contributed by atoms with Crippen LogP contribution in [0, 0.1) is 5.92 Å². The van der Waals surface area contributed by atoms with Crippen molar-refractivity contribution < 1.29 is 13.2 Å². The molecule has 0 aromatic heterocycles. The van der Waals surface area contributed by atoms with Gasteiger partial charge in [-0.25, -0.2) is 13.2 Å².